The van der Waals surface area contributed by atoms with Crippen molar-refractivity contribution < 1.29 is 0 Å². The molecule has 0 aromatic carbocycles. The summed E-state index contributed by atoms with van der Waals surface area (Å²) in [6, 6.07) is 0. The van der Waals surface area contributed by atoms with Gasteiger partial charge in [-0.3, -0.25) is 5.41 Å². The van der Waals surface area contributed by atoms with Crippen molar-refractivity contribution in [3.05, 3.63) is 49.0 Å². The summed E-state index contributed by atoms with van der Waals surface area (Å²) in [5, 5.41) is 16.3. The first-order valence-corrected chi connectivity index (χ1v) is 7.13. The van der Waals surface area contributed by atoms with Crippen LogP contribution in [0.4, 0.5) is 5.82 Å². The Bertz CT molecular complexity index is 816. The number of allylic oxidation sites excluding steroid dienone is 5. The zero-order chi connectivity index (χ0) is 17.0. The number of hydrogen-bond donors (Lipinski definition) is 1. The zero-order valence-corrected chi connectivity index (χ0v) is 13.6. The van der Waals surface area contributed by atoms with Gasteiger partial charge in [0.25, 0.3) is 0 Å². The first-order valence-electron chi connectivity index (χ1n) is 7.13. The van der Waals surface area contributed by atoms with Gasteiger partial charge < -0.3 is 0 Å². The predicted octanol–water partition coefficient (Wildman–Crippen LogP) is 3.92. The fraction of sp³-hybridized carbons (Fsp3) is 0.176. The van der Waals surface area contributed by atoms with E-state index in [1.54, 1.807) is 24.0 Å². The molecule has 2 aromatic rings. The Hall–Kier alpha value is -3.02. The molecule has 2 aromatic heterocycles. The number of nitrogens with one attached hydrogen (secondary N) is 1. The molecule has 0 saturated carbocycles. The summed E-state index contributed by atoms with van der Waals surface area (Å²) in [7, 11) is 0. The molecule has 6 nitrogen and oxygen atoms in total. The van der Waals surface area contributed by atoms with Gasteiger partial charge in [0, 0.05) is 17.3 Å². The van der Waals surface area contributed by atoms with Crippen LogP contribution in [0, 0.1) is 5.41 Å². The molecule has 0 saturated heterocycles. The average Bonchev–Trinajstić information content (AvgIpc) is 3.12. The molecule has 0 atom stereocenters. The highest BCUT2D eigenvalue weighted by molar-refractivity contribution is 5.86. The Kier molecular flexibility index (Phi) is 4.85. The van der Waals surface area contributed by atoms with Crippen molar-refractivity contribution in [3.8, 4) is 11.1 Å². The van der Waals surface area contributed by atoms with Crippen LogP contribution < -0.4 is 0 Å². The lowest BCUT2D eigenvalue weighted by molar-refractivity contribution is 0.909. The van der Waals surface area contributed by atoms with Crippen LogP contribution in [-0.4, -0.2) is 32.1 Å². The van der Waals surface area contributed by atoms with E-state index in [1.165, 1.54) is 4.68 Å². The largest absolute Gasteiger partial charge is 0.287 e. The summed E-state index contributed by atoms with van der Waals surface area (Å²) in [6.07, 6.45) is 11.2. The van der Waals surface area contributed by atoms with Gasteiger partial charge in [-0.05, 0) is 39.6 Å². The third-order valence-electron chi connectivity index (χ3n) is 3.10. The Morgan fingerprint density at radius 2 is 2.04 bits per heavy atom. The summed E-state index contributed by atoms with van der Waals surface area (Å²) in [5.41, 5.74) is 3.50. The molecular weight excluding hydrogens is 288 g/mol. The molecule has 2 heterocycles. The zero-order valence-electron chi connectivity index (χ0n) is 13.6. The van der Waals surface area contributed by atoms with Crippen LogP contribution in [0.5, 0.6) is 0 Å². The lowest BCUT2D eigenvalue weighted by atomic mass is 10.2. The van der Waals surface area contributed by atoms with E-state index in [1.807, 2.05) is 38.3 Å². The topological polar surface area (TPSA) is 71.8 Å². The number of aromatic nitrogens is 4. The van der Waals surface area contributed by atoms with Crippen LogP contribution in [0.2, 0.25) is 0 Å². The van der Waals surface area contributed by atoms with Gasteiger partial charge in [0.2, 0.25) is 0 Å². The van der Waals surface area contributed by atoms with Crippen molar-refractivity contribution in [2.24, 2.45) is 4.99 Å². The van der Waals surface area contributed by atoms with Crippen molar-refractivity contribution in [2.45, 2.75) is 20.8 Å². The monoisotopic (exact) mass is 308 g/mol. The average molecular weight is 308 g/mol. The molecule has 0 aliphatic carbocycles. The second kappa shape index (κ2) is 6.83. The highest BCUT2D eigenvalue weighted by atomic mass is 15.3. The molecule has 6 heteroatoms. The van der Waals surface area contributed by atoms with Gasteiger partial charge in [-0.15, -0.1) is 0 Å². The Morgan fingerprint density at radius 3 is 2.61 bits per heavy atom. The van der Waals surface area contributed by atoms with Gasteiger partial charge in [0.15, 0.2) is 5.82 Å². The van der Waals surface area contributed by atoms with Crippen molar-refractivity contribution in [1.29, 1.82) is 5.41 Å². The van der Waals surface area contributed by atoms with Crippen LogP contribution in [0.1, 0.15) is 20.8 Å². The number of rotatable bonds is 5. The molecule has 0 unspecified atom stereocenters. The molecule has 1 N–H and O–H groups in total. The second-order valence-electron chi connectivity index (χ2n) is 5.13. The molecule has 0 bridgehead atoms. The maximum Gasteiger partial charge on any atom is 0.164 e. The van der Waals surface area contributed by atoms with Gasteiger partial charge in [-0.2, -0.15) is 10.2 Å². The SMILES string of the molecule is C=Nc1c(-c2cnn(C(C=CC)=CC(=C)C)c2)cnn1C(C)=N. The molecule has 0 radical (unpaired) electrons. The van der Waals surface area contributed by atoms with E-state index in [0.717, 1.165) is 22.4 Å². The molecule has 0 spiro atoms. The number of nitrogens with zero attached hydrogens (tertiary/aromatic N) is 5. The van der Waals surface area contributed by atoms with Crippen molar-refractivity contribution in [1.82, 2.24) is 19.6 Å². The van der Waals surface area contributed by atoms with Gasteiger partial charge in [0.05, 0.1) is 18.1 Å². The lowest BCUT2D eigenvalue weighted by Crippen LogP contribution is -2.06. The molecule has 0 aliphatic heterocycles. The summed E-state index contributed by atoms with van der Waals surface area (Å²) in [4.78, 5) is 4.00. The normalized spacial score (nSPS) is 11.9. The van der Waals surface area contributed by atoms with E-state index in [4.69, 9.17) is 5.41 Å². The fourth-order valence-electron chi connectivity index (χ4n) is 2.16. The summed E-state index contributed by atoms with van der Waals surface area (Å²) in [6.45, 7) is 13.0. The van der Waals surface area contributed by atoms with Gasteiger partial charge in [-0.1, -0.05) is 18.2 Å². The minimum absolute atomic E-state index is 0.280. The van der Waals surface area contributed by atoms with Gasteiger partial charge in [0.1, 0.15) is 5.84 Å². The van der Waals surface area contributed by atoms with E-state index >= 15 is 0 Å². The standard InChI is InChI=1S/C17H20N6/c1-6-7-15(8-12(2)3)22-11-14(9-20-22)16-10-21-23(13(4)18)17(16)19-5/h6-11,18H,2,5H2,1,3-4H3. The number of aliphatic imine (C=N–C) groups is 1. The Morgan fingerprint density at radius 1 is 1.30 bits per heavy atom. The van der Waals surface area contributed by atoms with Gasteiger partial charge >= 0.3 is 0 Å². The molecule has 2 rings (SSSR count). The van der Waals surface area contributed by atoms with E-state index in [0.29, 0.717) is 5.82 Å². The molecule has 118 valence electrons. The minimum Gasteiger partial charge on any atom is -0.287 e. The molecular formula is C17H20N6. The van der Waals surface area contributed by atoms with Crippen LogP contribution in [0.15, 0.2) is 54.0 Å². The first-order chi connectivity index (χ1) is 11.0. The summed E-state index contributed by atoms with van der Waals surface area (Å²) < 4.78 is 3.21. The molecule has 0 amide bonds. The maximum absolute atomic E-state index is 7.72. The minimum atomic E-state index is 0.280. The fourth-order valence-corrected chi connectivity index (χ4v) is 2.16. The van der Waals surface area contributed by atoms with E-state index in [2.05, 4.69) is 28.5 Å². The van der Waals surface area contributed by atoms with Crippen molar-refractivity contribution >= 4 is 24.1 Å². The summed E-state index contributed by atoms with van der Waals surface area (Å²) >= 11 is 0. The van der Waals surface area contributed by atoms with Crippen LogP contribution >= 0.6 is 0 Å². The first kappa shape index (κ1) is 16.4. The third kappa shape index (κ3) is 3.42. The van der Waals surface area contributed by atoms with Crippen LogP contribution in [0.25, 0.3) is 16.8 Å². The van der Waals surface area contributed by atoms with E-state index in [9.17, 15) is 0 Å². The lowest BCUT2D eigenvalue weighted by Gasteiger charge is -2.03. The Labute approximate surface area is 135 Å². The smallest absolute Gasteiger partial charge is 0.164 e. The second-order valence-corrected chi connectivity index (χ2v) is 5.13. The van der Waals surface area contributed by atoms with Crippen LogP contribution in [-0.2, 0) is 0 Å². The summed E-state index contributed by atoms with van der Waals surface area (Å²) in [5.74, 6) is 0.816. The predicted molar refractivity (Wildman–Crippen MR) is 95.4 cm³/mol. The highest BCUT2D eigenvalue weighted by Gasteiger charge is 2.14. The number of hydrogen-bond acceptors (Lipinski definition) is 4. The van der Waals surface area contributed by atoms with Crippen molar-refractivity contribution in [2.75, 3.05) is 0 Å². The maximum atomic E-state index is 7.72. The highest BCUT2D eigenvalue weighted by Crippen LogP contribution is 2.30. The van der Waals surface area contributed by atoms with E-state index in [-0.39, 0.29) is 5.84 Å². The van der Waals surface area contributed by atoms with E-state index < -0.39 is 0 Å². The van der Waals surface area contributed by atoms with Crippen LogP contribution in [0.3, 0.4) is 0 Å². The molecule has 0 fully saturated rings. The van der Waals surface area contributed by atoms with Crippen molar-refractivity contribution in [3.63, 3.8) is 0 Å². The third-order valence-corrected chi connectivity index (χ3v) is 3.10. The quantitative estimate of drug-likeness (QED) is 0.516. The Balaban J connectivity index is 2.49. The van der Waals surface area contributed by atoms with Gasteiger partial charge in [-0.25, -0.2) is 14.4 Å². The molecule has 23 heavy (non-hydrogen) atoms. The molecule has 0 aliphatic rings.